The Morgan fingerprint density at radius 2 is 2.06 bits per heavy atom. The molecule has 2 aromatic heterocycles. The molecule has 1 atom stereocenters. The number of hydrogen-bond acceptors (Lipinski definition) is 6. The fourth-order valence-corrected chi connectivity index (χ4v) is 2.64. The summed E-state index contributed by atoms with van der Waals surface area (Å²) in [6.07, 6.45) is 1.47. The molecular weight excluding hydrogens is 270 g/mol. The van der Waals surface area contributed by atoms with E-state index in [1.54, 1.807) is 11.3 Å². The third kappa shape index (κ3) is 2.72. The molecule has 0 bridgehead atoms. The summed E-state index contributed by atoms with van der Waals surface area (Å²) in [4.78, 5) is 9.40. The van der Waals surface area contributed by atoms with Crippen molar-refractivity contribution in [1.82, 2.24) is 9.97 Å². The van der Waals surface area contributed by atoms with Crippen LogP contribution < -0.4 is 16.6 Å². The average Bonchev–Trinajstić information content (AvgIpc) is 2.78. The molecule has 0 amide bonds. The van der Waals surface area contributed by atoms with Crippen molar-refractivity contribution in [3.8, 4) is 0 Å². The smallest absolute Gasteiger partial charge is 0.148 e. The minimum absolute atomic E-state index is 0.127. The molecule has 0 saturated carbocycles. The first kappa shape index (κ1) is 13.1. The summed E-state index contributed by atoms with van der Waals surface area (Å²) in [5.74, 6) is 6.76. The lowest BCUT2D eigenvalue weighted by molar-refractivity contribution is 0.888. The van der Waals surface area contributed by atoms with Crippen molar-refractivity contribution >= 4 is 34.6 Å². The van der Waals surface area contributed by atoms with Crippen LogP contribution in [0.5, 0.6) is 0 Å². The minimum Gasteiger partial charge on any atom is -0.362 e. The van der Waals surface area contributed by atoms with Crippen LogP contribution >= 0.6 is 22.9 Å². The summed E-state index contributed by atoms with van der Waals surface area (Å²) in [5.41, 5.74) is 3.43. The van der Waals surface area contributed by atoms with E-state index in [-0.39, 0.29) is 6.04 Å². The molecule has 0 aliphatic rings. The van der Waals surface area contributed by atoms with Gasteiger partial charge in [-0.1, -0.05) is 11.6 Å². The maximum atomic E-state index is 5.92. The first-order chi connectivity index (χ1) is 8.61. The Labute approximate surface area is 114 Å². The van der Waals surface area contributed by atoms with Crippen molar-refractivity contribution < 1.29 is 0 Å². The Balaban J connectivity index is 2.19. The van der Waals surface area contributed by atoms with E-state index >= 15 is 0 Å². The molecular formula is C11H14ClN5S. The van der Waals surface area contributed by atoms with Crippen LogP contribution in [0.25, 0.3) is 0 Å². The van der Waals surface area contributed by atoms with Crippen molar-refractivity contribution in [2.75, 3.05) is 10.7 Å². The van der Waals surface area contributed by atoms with Crippen LogP contribution in [0.2, 0.25) is 4.34 Å². The molecule has 1 unspecified atom stereocenters. The highest BCUT2D eigenvalue weighted by molar-refractivity contribution is 7.16. The van der Waals surface area contributed by atoms with Gasteiger partial charge in [-0.3, -0.25) is 0 Å². The molecule has 2 aromatic rings. The van der Waals surface area contributed by atoms with Gasteiger partial charge in [-0.25, -0.2) is 15.8 Å². The van der Waals surface area contributed by atoms with Gasteiger partial charge in [0.1, 0.15) is 18.0 Å². The van der Waals surface area contributed by atoms with Gasteiger partial charge in [0.05, 0.1) is 10.4 Å². The first-order valence-electron chi connectivity index (χ1n) is 5.41. The number of nitrogen functional groups attached to an aromatic ring is 1. The fraction of sp³-hybridized carbons (Fsp3) is 0.273. The summed E-state index contributed by atoms with van der Waals surface area (Å²) in [6.45, 7) is 3.96. The summed E-state index contributed by atoms with van der Waals surface area (Å²) < 4.78 is 0.780. The van der Waals surface area contributed by atoms with Gasteiger partial charge in [-0.05, 0) is 26.0 Å². The Morgan fingerprint density at radius 3 is 2.67 bits per heavy atom. The number of nitrogens with one attached hydrogen (secondary N) is 2. The normalized spacial score (nSPS) is 12.2. The lowest BCUT2D eigenvalue weighted by atomic mass is 10.2. The first-order valence-corrected chi connectivity index (χ1v) is 6.61. The van der Waals surface area contributed by atoms with E-state index in [9.17, 15) is 0 Å². The predicted octanol–water partition coefficient (Wildman–Crippen LogP) is 2.96. The number of thiophene rings is 1. The highest BCUT2D eigenvalue weighted by Crippen LogP contribution is 2.29. The van der Waals surface area contributed by atoms with Crippen molar-refractivity contribution in [2.45, 2.75) is 19.9 Å². The van der Waals surface area contributed by atoms with Crippen molar-refractivity contribution in [3.63, 3.8) is 0 Å². The molecule has 0 spiro atoms. The highest BCUT2D eigenvalue weighted by Gasteiger charge is 2.12. The van der Waals surface area contributed by atoms with E-state index in [0.29, 0.717) is 5.82 Å². The van der Waals surface area contributed by atoms with Gasteiger partial charge >= 0.3 is 0 Å². The number of nitrogens with two attached hydrogens (primary N) is 1. The third-order valence-electron chi connectivity index (χ3n) is 2.59. The Hall–Kier alpha value is -1.37. The highest BCUT2D eigenvalue weighted by atomic mass is 35.5. The second-order valence-electron chi connectivity index (χ2n) is 3.85. The lowest BCUT2D eigenvalue weighted by Crippen LogP contribution is -2.13. The largest absolute Gasteiger partial charge is 0.362 e. The second kappa shape index (κ2) is 5.51. The molecule has 7 heteroatoms. The zero-order chi connectivity index (χ0) is 13.1. The quantitative estimate of drug-likeness (QED) is 0.594. The van der Waals surface area contributed by atoms with Crippen LogP contribution in [-0.4, -0.2) is 9.97 Å². The van der Waals surface area contributed by atoms with Crippen LogP contribution in [0.3, 0.4) is 0 Å². The zero-order valence-electron chi connectivity index (χ0n) is 10.1. The predicted molar refractivity (Wildman–Crippen MR) is 75.9 cm³/mol. The topological polar surface area (TPSA) is 75.9 Å². The number of hydrazine groups is 1. The number of hydrogen-bond donors (Lipinski definition) is 3. The lowest BCUT2D eigenvalue weighted by Gasteiger charge is -2.15. The fourth-order valence-electron chi connectivity index (χ4n) is 1.58. The molecule has 0 fully saturated rings. The van der Waals surface area contributed by atoms with Crippen LogP contribution in [0.4, 0.5) is 11.6 Å². The molecule has 5 nitrogen and oxygen atoms in total. The number of nitrogens with zero attached hydrogens (tertiary/aromatic N) is 2. The molecule has 2 rings (SSSR count). The van der Waals surface area contributed by atoms with E-state index in [2.05, 4.69) is 27.6 Å². The van der Waals surface area contributed by atoms with Crippen molar-refractivity contribution in [1.29, 1.82) is 0 Å². The van der Waals surface area contributed by atoms with Crippen LogP contribution in [0.15, 0.2) is 18.5 Å². The third-order valence-corrected chi connectivity index (χ3v) is 4.01. The number of halogens is 1. The maximum absolute atomic E-state index is 5.92. The molecule has 2 heterocycles. The van der Waals surface area contributed by atoms with Gasteiger partial charge in [0, 0.05) is 10.4 Å². The second-order valence-corrected chi connectivity index (χ2v) is 5.59. The van der Waals surface area contributed by atoms with Gasteiger partial charge in [-0.2, -0.15) is 0 Å². The van der Waals surface area contributed by atoms with Gasteiger partial charge in [-0.15, -0.1) is 11.3 Å². The van der Waals surface area contributed by atoms with Gasteiger partial charge in [0.15, 0.2) is 0 Å². The van der Waals surface area contributed by atoms with Crippen LogP contribution in [0, 0.1) is 6.92 Å². The van der Waals surface area contributed by atoms with E-state index in [1.807, 2.05) is 19.1 Å². The van der Waals surface area contributed by atoms with Crippen molar-refractivity contribution in [2.24, 2.45) is 5.84 Å². The Morgan fingerprint density at radius 1 is 1.33 bits per heavy atom. The number of rotatable bonds is 4. The zero-order valence-corrected chi connectivity index (χ0v) is 11.6. The van der Waals surface area contributed by atoms with E-state index in [0.717, 1.165) is 20.6 Å². The van der Waals surface area contributed by atoms with Gasteiger partial charge < -0.3 is 10.7 Å². The molecule has 0 saturated heterocycles. The summed E-state index contributed by atoms with van der Waals surface area (Å²) >= 11 is 7.48. The summed E-state index contributed by atoms with van der Waals surface area (Å²) in [5, 5.41) is 3.32. The molecule has 0 aliphatic heterocycles. The summed E-state index contributed by atoms with van der Waals surface area (Å²) in [6, 6.07) is 4.02. The minimum atomic E-state index is 0.127. The molecule has 0 radical (unpaired) electrons. The van der Waals surface area contributed by atoms with Crippen LogP contribution in [0.1, 0.15) is 23.4 Å². The molecule has 0 aliphatic carbocycles. The molecule has 96 valence electrons. The van der Waals surface area contributed by atoms with Crippen molar-refractivity contribution in [3.05, 3.63) is 33.2 Å². The summed E-state index contributed by atoms with van der Waals surface area (Å²) in [7, 11) is 0. The standard InChI is InChI=1S/C11H14ClN5S/c1-6-10(14-5-15-11(6)17-13)16-7(2)8-3-4-9(12)18-8/h3-5,7H,13H2,1-2H3,(H2,14,15,16,17). The van der Waals surface area contributed by atoms with Crippen LogP contribution in [-0.2, 0) is 0 Å². The van der Waals surface area contributed by atoms with E-state index in [4.69, 9.17) is 17.4 Å². The maximum Gasteiger partial charge on any atom is 0.148 e. The van der Waals surface area contributed by atoms with E-state index < -0.39 is 0 Å². The monoisotopic (exact) mass is 283 g/mol. The SMILES string of the molecule is Cc1c(NN)ncnc1NC(C)c1ccc(Cl)s1. The van der Waals surface area contributed by atoms with Gasteiger partial charge in [0.2, 0.25) is 0 Å². The number of anilines is 2. The molecule has 0 aromatic carbocycles. The Kier molecular flexibility index (Phi) is 4.00. The van der Waals surface area contributed by atoms with E-state index in [1.165, 1.54) is 6.33 Å². The number of aromatic nitrogens is 2. The average molecular weight is 284 g/mol. The molecule has 18 heavy (non-hydrogen) atoms. The Bertz CT molecular complexity index is 542. The molecule has 4 N–H and O–H groups in total. The van der Waals surface area contributed by atoms with Gasteiger partial charge in [0.25, 0.3) is 0 Å².